The van der Waals surface area contributed by atoms with Crippen molar-refractivity contribution < 1.29 is 49.4 Å². The van der Waals surface area contributed by atoms with Gasteiger partial charge in [-0.05, 0) is 31.4 Å². The fourth-order valence-electron chi connectivity index (χ4n) is 6.45. The van der Waals surface area contributed by atoms with Crippen molar-refractivity contribution in [3.05, 3.63) is 85.6 Å². The second-order valence-corrected chi connectivity index (χ2v) is 16.6. The molecule has 0 radical (unpaired) electrons. The molecule has 0 saturated carbocycles. The normalized spacial score (nSPS) is 11.2. The number of carbonyl (C=O) groups excluding carboxylic acids is 3. The minimum Gasteiger partial charge on any atom is -0.462 e. The van der Waals surface area contributed by atoms with Gasteiger partial charge in [-0.15, -0.1) is 0 Å². The van der Waals surface area contributed by atoms with Crippen molar-refractivity contribution in [3.8, 4) is 0 Å². The predicted octanol–water partition coefficient (Wildman–Crippen LogP) is 14.5. The number of Topliss-reactive ketones (excluding diaryl/α,β-unsaturated/α-hetero) is 1. The van der Waals surface area contributed by atoms with Crippen LogP contribution in [0.25, 0.3) is 0 Å². The number of hydrogen-bond acceptors (Lipinski definition) is 8. The molecule has 2 aromatic rings. The summed E-state index contributed by atoms with van der Waals surface area (Å²) < 4.78 is 22.6. The van der Waals surface area contributed by atoms with Crippen LogP contribution in [0, 0.1) is 13.8 Å². The summed E-state index contributed by atoms with van der Waals surface area (Å²) in [6.45, 7) is 15.1. The minimum absolute atomic E-state index is 0. The summed E-state index contributed by atoms with van der Waals surface area (Å²) in [5, 5.41) is 3.26. The maximum Gasteiger partial charge on any atom is 2.00 e. The van der Waals surface area contributed by atoms with E-state index in [2.05, 4.69) is 26.1 Å². The molecule has 0 aliphatic heterocycles. The largest absolute Gasteiger partial charge is 2.00 e. The third kappa shape index (κ3) is 43.1. The van der Waals surface area contributed by atoms with Crippen LogP contribution in [0.3, 0.4) is 0 Å². The minimum atomic E-state index is -0.654. The quantitative estimate of drug-likeness (QED) is 0.0177. The van der Waals surface area contributed by atoms with E-state index < -0.39 is 6.10 Å². The van der Waals surface area contributed by atoms with E-state index >= 15 is 0 Å². The molecule has 62 heavy (non-hydrogen) atoms. The van der Waals surface area contributed by atoms with E-state index in [0.717, 1.165) is 75.5 Å². The Hall–Kier alpha value is -2.15. The third-order valence-electron chi connectivity index (χ3n) is 9.80. The Morgan fingerprint density at radius 3 is 1.50 bits per heavy atom. The first-order valence-electron chi connectivity index (χ1n) is 24.2. The fourth-order valence-corrected chi connectivity index (χ4v) is 7.01. The van der Waals surface area contributed by atoms with Gasteiger partial charge in [-0.2, -0.15) is 12.8 Å². The second-order valence-electron chi connectivity index (χ2n) is 15.9. The molecule has 0 saturated heterocycles. The monoisotopic (exact) mass is 928 g/mol. The van der Waals surface area contributed by atoms with Crippen LogP contribution in [-0.2, 0) is 51.2 Å². The van der Waals surface area contributed by atoms with Gasteiger partial charge in [0.1, 0.15) is 6.61 Å². The van der Waals surface area contributed by atoms with Crippen LogP contribution in [-0.4, -0.2) is 50.1 Å². The number of carbonyl (C=O) groups is 3. The Balaban J connectivity index is 0. The van der Waals surface area contributed by atoms with Gasteiger partial charge in [-0.1, -0.05) is 203 Å². The zero-order valence-electron chi connectivity index (χ0n) is 39.4. The van der Waals surface area contributed by atoms with E-state index in [-0.39, 0.29) is 56.5 Å². The topological polar surface area (TPSA) is 100 Å². The molecule has 0 aliphatic rings. The molecule has 1 unspecified atom stereocenters. The molecule has 0 amide bonds. The van der Waals surface area contributed by atoms with Crippen LogP contribution >= 0.6 is 9.03 Å². The number of rotatable bonds is 38. The SMILES string of the molecule is CCCCCCCCCCCCCCCC(=O)O[C@@H](COPOCc1ccccc1)COC(=O)CCCCCCCCCCCNCC(=O)c1ccccc1.[CH2-]CC.[CH2-]CC.[Ni+2]. The molecule has 2 atom stereocenters. The van der Waals surface area contributed by atoms with Gasteiger partial charge in [0.25, 0.3) is 0 Å². The van der Waals surface area contributed by atoms with E-state index in [1.807, 2.05) is 74.5 Å². The van der Waals surface area contributed by atoms with Crippen LogP contribution in [0.5, 0.6) is 0 Å². The fraction of sp³-hybridized carbons (Fsp3) is 0.673. The predicted molar refractivity (Wildman–Crippen MR) is 258 cm³/mol. The molecule has 8 nitrogen and oxygen atoms in total. The van der Waals surface area contributed by atoms with E-state index in [4.69, 9.17) is 18.5 Å². The Bertz CT molecular complexity index is 1240. The molecule has 0 aliphatic carbocycles. The summed E-state index contributed by atoms with van der Waals surface area (Å²) in [5.74, 6) is -0.395. The molecule has 0 bridgehead atoms. The summed E-state index contributed by atoms with van der Waals surface area (Å²) in [7, 11) is -0.207. The molecular weight excluding hydrogens is 840 g/mol. The van der Waals surface area contributed by atoms with Gasteiger partial charge in [0.15, 0.2) is 20.9 Å². The molecule has 0 heterocycles. The summed E-state index contributed by atoms with van der Waals surface area (Å²) in [6.07, 6.45) is 28.3. The van der Waals surface area contributed by atoms with Crippen molar-refractivity contribution in [2.75, 3.05) is 26.3 Å². The summed E-state index contributed by atoms with van der Waals surface area (Å²) in [4.78, 5) is 37.3. The molecule has 2 rings (SSSR count). The first kappa shape index (κ1) is 61.9. The van der Waals surface area contributed by atoms with Crippen molar-refractivity contribution in [2.24, 2.45) is 0 Å². The standard InChI is InChI=1S/C46H74NO7P.2C3H7.Ni/c1-2-3-4-5-6-7-8-9-10-12-16-19-28-35-46(50)54-43(40-53-55-52-38-41-30-23-21-24-31-41)39-51-45(49)34-27-18-15-13-11-14-17-20-29-36-47-37-44(48)42-32-25-22-26-33-42;2*1-3-2;/h21-26,30-33,43,47,55H,2-20,27-29,34-40H2,1H3;2*1,3H2,2H3;/q;2*-1;+2/t43-;;;/m1.../s1. The average molecular weight is 929 g/mol. The molecule has 0 aromatic heterocycles. The van der Waals surface area contributed by atoms with E-state index in [9.17, 15) is 14.4 Å². The Labute approximate surface area is 392 Å². The van der Waals surface area contributed by atoms with Crippen LogP contribution < -0.4 is 5.32 Å². The zero-order valence-corrected chi connectivity index (χ0v) is 41.3. The number of esters is 2. The summed E-state index contributed by atoms with van der Waals surface area (Å²) in [6, 6.07) is 19.3. The molecule has 358 valence electrons. The third-order valence-corrected chi connectivity index (χ3v) is 10.3. The average Bonchev–Trinajstić information content (AvgIpc) is 3.27. The van der Waals surface area contributed by atoms with Crippen LogP contribution in [0.15, 0.2) is 60.7 Å². The Morgan fingerprint density at radius 1 is 0.565 bits per heavy atom. The first-order chi connectivity index (χ1) is 29.9. The van der Waals surface area contributed by atoms with Crippen molar-refractivity contribution in [1.29, 1.82) is 0 Å². The van der Waals surface area contributed by atoms with Crippen molar-refractivity contribution in [1.82, 2.24) is 5.32 Å². The van der Waals surface area contributed by atoms with Gasteiger partial charge >= 0.3 is 28.4 Å². The maximum atomic E-state index is 12.7. The van der Waals surface area contributed by atoms with Gasteiger partial charge in [-0.25, -0.2) is 0 Å². The number of ether oxygens (including phenoxy) is 2. The van der Waals surface area contributed by atoms with Crippen LogP contribution in [0.1, 0.15) is 204 Å². The van der Waals surface area contributed by atoms with Crippen LogP contribution in [0.4, 0.5) is 0 Å². The number of hydrogen-bond donors (Lipinski definition) is 1. The van der Waals surface area contributed by atoms with Crippen molar-refractivity contribution in [3.63, 3.8) is 0 Å². The van der Waals surface area contributed by atoms with E-state index in [0.29, 0.717) is 26.0 Å². The molecule has 10 heteroatoms. The van der Waals surface area contributed by atoms with Crippen molar-refractivity contribution >= 4 is 26.8 Å². The number of unbranched alkanes of at least 4 members (excludes halogenated alkanes) is 20. The van der Waals surface area contributed by atoms with Gasteiger partial charge < -0.3 is 37.7 Å². The molecule has 2 aromatic carbocycles. The first-order valence-corrected chi connectivity index (χ1v) is 25.0. The molecule has 1 N–H and O–H groups in total. The van der Waals surface area contributed by atoms with E-state index in [1.54, 1.807) is 0 Å². The Morgan fingerprint density at radius 2 is 1.00 bits per heavy atom. The van der Waals surface area contributed by atoms with E-state index in [1.165, 1.54) is 96.3 Å². The van der Waals surface area contributed by atoms with Crippen LogP contribution in [0.2, 0.25) is 0 Å². The van der Waals surface area contributed by atoms with Gasteiger partial charge in [0, 0.05) is 18.4 Å². The van der Waals surface area contributed by atoms with Crippen molar-refractivity contribution in [2.45, 2.75) is 200 Å². The zero-order chi connectivity index (χ0) is 44.7. The van der Waals surface area contributed by atoms with Gasteiger partial charge in [0.05, 0.1) is 19.8 Å². The number of benzene rings is 2. The number of nitrogens with one attached hydrogen (secondary N) is 1. The second kappa shape index (κ2) is 49.9. The van der Waals surface area contributed by atoms with Gasteiger partial charge in [-0.3, -0.25) is 14.4 Å². The van der Waals surface area contributed by atoms with Gasteiger partial charge in [0.2, 0.25) is 0 Å². The smallest absolute Gasteiger partial charge is 0.462 e. The molecule has 0 fully saturated rings. The Kier molecular flexibility index (Phi) is 49.8. The summed E-state index contributed by atoms with van der Waals surface area (Å²) in [5.41, 5.74) is 1.82. The summed E-state index contributed by atoms with van der Waals surface area (Å²) >= 11 is 0. The molecular formula is C52H88NNiO7P. The molecule has 0 spiro atoms. The number of ketones is 1. The maximum absolute atomic E-state index is 12.7.